The summed E-state index contributed by atoms with van der Waals surface area (Å²) in [7, 11) is -3.65. The minimum atomic E-state index is -3.65. The van der Waals surface area contributed by atoms with Crippen LogP contribution in [0.2, 0.25) is 0 Å². The first-order valence-electron chi connectivity index (χ1n) is 5.66. The van der Waals surface area contributed by atoms with Gasteiger partial charge in [0.15, 0.2) is 0 Å². The molecule has 7 nitrogen and oxygen atoms in total. The number of hydrogen-bond acceptors (Lipinski definition) is 4. The summed E-state index contributed by atoms with van der Waals surface area (Å²) >= 11 is 0. The highest BCUT2D eigenvalue weighted by Crippen LogP contribution is 2.17. The van der Waals surface area contributed by atoms with Crippen LogP contribution in [0.4, 0.5) is 0 Å². The Balaban J connectivity index is 2.37. The van der Waals surface area contributed by atoms with Gasteiger partial charge < -0.3 is 10.8 Å². The Kier molecular flexibility index (Phi) is 5.31. The summed E-state index contributed by atoms with van der Waals surface area (Å²) in [6.07, 6.45) is 4.82. The van der Waals surface area contributed by atoms with Crippen LogP contribution in [0, 0.1) is 0 Å². The van der Waals surface area contributed by atoms with Gasteiger partial charge in [-0.2, -0.15) is 13.1 Å². The molecular weight excluding hydrogens is 246 g/mol. The van der Waals surface area contributed by atoms with Gasteiger partial charge in [0.1, 0.15) is 6.04 Å². The van der Waals surface area contributed by atoms with Crippen molar-refractivity contribution in [3.05, 3.63) is 0 Å². The first-order valence-corrected chi connectivity index (χ1v) is 7.14. The molecule has 1 aliphatic carbocycles. The Bertz CT molecular complexity index is 351. The van der Waals surface area contributed by atoms with E-state index in [2.05, 4.69) is 9.44 Å². The second-order valence-electron chi connectivity index (χ2n) is 4.25. The smallest absolute Gasteiger partial charge is 0.321 e. The summed E-state index contributed by atoms with van der Waals surface area (Å²) in [6, 6.07) is -1.28. The Labute approximate surface area is 101 Å². The fourth-order valence-electron chi connectivity index (χ4n) is 1.77. The Morgan fingerprint density at radius 3 is 2.47 bits per heavy atom. The molecule has 0 aromatic carbocycles. The van der Waals surface area contributed by atoms with Gasteiger partial charge in [0.2, 0.25) is 0 Å². The lowest BCUT2D eigenvalue weighted by molar-refractivity contribution is -0.138. The molecule has 0 aromatic heterocycles. The molecule has 0 radical (unpaired) electrons. The van der Waals surface area contributed by atoms with Gasteiger partial charge in [-0.25, -0.2) is 4.72 Å². The fourth-order valence-corrected chi connectivity index (χ4v) is 2.93. The number of carboxylic acids is 1. The van der Waals surface area contributed by atoms with Crippen molar-refractivity contribution in [1.82, 2.24) is 9.44 Å². The van der Waals surface area contributed by atoms with Gasteiger partial charge in [-0.3, -0.25) is 4.79 Å². The number of aliphatic carboxylic acids is 1. The number of nitrogens with two attached hydrogens (primary N) is 1. The van der Waals surface area contributed by atoms with E-state index in [-0.39, 0.29) is 12.6 Å². The lowest BCUT2D eigenvalue weighted by atomic mass is 9.96. The van der Waals surface area contributed by atoms with Crippen LogP contribution in [0.1, 0.15) is 32.1 Å². The van der Waals surface area contributed by atoms with E-state index in [0.29, 0.717) is 0 Å². The Hall–Kier alpha value is -0.700. The molecule has 0 heterocycles. The summed E-state index contributed by atoms with van der Waals surface area (Å²) < 4.78 is 27.8. The maximum absolute atomic E-state index is 11.6. The zero-order valence-corrected chi connectivity index (χ0v) is 10.4. The number of carboxylic acid groups (broad SMARTS) is 1. The highest BCUT2D eigenvalue weighted by molar-refractivity contribution is 7.87. The zero-order valence-electron chi connectivity index (χ0n) is 9.55. The van der Waals surface area contributed by atoms with Crippen LogP contribution in [0.3, 0.4) is 0 Å². The first-order chi connectivity index (χ1) is 7.91. The average molecular weight is 265 g/mol. The number of hydrogen-bond donors (Lipinski definition) is 4. The van der Waals surface area contributed by atoms with Gasteiger partial charge in [-0.05, 0) is 12.8 Å². The maximum atomic E-state index is 11.6. The second-order valence-corrected chi connectivity index (χ2v) is 5.78. The normalized spacial score (nSPS) is 20.1. The molecule has 8 heteroatoms. The van der Waals surface area contributed by atoms with Crippen molar-refractivity contribution in [2.24, 2.45) is 5.73 Å². The molecule has 1 aliphatic rings. The van der Waals surface area contributed by atoms with Crippen LogP contribution in [0.25, 0.3) is 0 Å². The van der Waals surface area contributed by atoms with Crippen molar-refractivity contribution in [1.29, 1.82) is 0 Å². The van der Waals surface area contributed by atoms with Gasteiger partial charge in [0, 0.05) is 12.6 Å². The standard InChI is InChI=1S/C9H19N3O4S/c10-8(9(13)14)6-11-17(15,16)12-7-4-2-1-3-5-7/h7-8,11-12H,1-6,10H2,(H,13,14). The summed E-state index contributed by atoms with van der Waals surface area (Å²) in [5, 5.41) is 8.52. The monoisotopic (exact) mass is 265 g/mol. The number of carbonyl (C=O) groups is 1. The predicted molar refractivity (Wildman–Crippen MR) is 62.5 cm³/mol. The summed E-state index contributed by atoms with van der Waals surface area (Å²) in [5.74, 6) is -1.23. The third kappa shape index (κ3) is 5.44. The largest absolute Gasteiger partial charge is 0.480 e. The van der Waals surface area contributed by atoms with Crippen molar-refractivity contribution in [2.75, 3.05) is 6.54 Å². The number of nitrogens with one attached hydrogen (secondary N) is 2. The maximum Gasteiger partial charge on any atom is 0.321 e. The third-order valence-electron chi connectivity index (χ3n) is 2.74. The van der Waals surface area contributed by atoms with Gasteiger partial charge >= 0.3 is 5.97 Å². The van der Waals surface area contributed by atoms with E-state index in [1.807, 2.05) is 0 Å². The molecular formula is C9H19N3O4S. The molecule has 1 fully saturated rings. The molecule has 0 spiro atoms. The van der Waals surface area contributed by atoms with Crippen LogP contribution >= 0.6 is 0 Å². The van der Waals surface area contributed by atoms with Crippen LogP contribution in [-0.4, -0.2) is 38.1 Å². The van der Waals surface area contributed by atoms with Gasteiger partial charge in [0.25, 0.3) is 10.2 Å². The SMILES string of the molecule is NC(CNS(=O)(=O)NC1CCCCC1)C(=O)O. The zero-order chi connectivity index (χ0) is 12.9. The van der Waals surface area contributed by atoms with E-state index >= 15 is 0 Å². The van der Waals surface area contributed by atoms with Crippen LogP contribution < -0.4 is 15.2 Å². The quantitative estimate of drug-likeness (QED) is 0.498. The van der Waals surface area contributed by atoms with Gasteiger partial charge in [0.05, 0.1) is 0 Å². The lowest BCUT2D eigenvalue weighted by Crippen LogP contribution is -2.48. The van der Waals surface area contributed by atoms with Crippen LogP contribution in [0.5, 0.6) is 0 Å². The van der Waals surface area contributed by atoms with Crippen molar-refractivity contribution in [3.8, 4) is 0 Å². The van der Waals surface area contributed by atoms with E-state index in [1.54, 1.807) is 0 Å². The van der Waals surface area contributed by atoms with Crippen molar-refractivity contribution < 1.29 is 18.3 Å². The summed E-state index contributed by atoms with van der Waals surface area (Å²) in [5.41, 5.74) is 5.20. The highest BCUT2D eigenvalue weighted by atomic mass is 32.2. The Morgan fingerprint density at radius 1 is 1.35 bits per heavy atom. The molecule has 0 amide bonds. The molecule has 17 heavy (non-hydrogen) atoms. The second kappa shape index (κ2) is 6.29. The predicted octanol–water partition coefficient (Wildman–Crippen LogP) is -0.845. The third-order valence-corrected chi connectivity index (χ3v) is 3.93. The molecule has 1 rings (SSSR count). The van der Waals surface area contributed by atoms with Crippen molar-refractivity contribution in [3.63, 3.8) is 0 Å². The fraction of sp³-hybridized carbons (Fsp3) is 0.889. The number of rotatable bonds is 6. The molecule has 1 unspecified atom stereocenters. The van der Waals surface area contributed by atoms with Gasteiger partial charge in [-0.1, -0.05) is 19.3 Å². The summed E-state index contributed by atoms with van der Waals surface area (Å²) in [4.78, 5) is 10.4. The molecule has 1 saturated carbocycles. The Morgan fingerprint density at radius 2 is 1.94 bits per heavy atom. The lowest BCUT2D eigenvalue weighted by Gasteiger charge is -2.22. The van der Waals surface area contributed by atoms with Crippen molar-refractivity contribution in [2.45, 2.75) is 44.2 Å². The van der Waals surface area contributed by atoms with E-state index < -0.39 is 22.2 Å². The molecule has 5 N–H and O–H groups in total. The highest BCUT2D eigenvalue weighted by Gasteiger charge is 2.21. The average Bonchev–Trinajstić information content (AvgIpc) is 2.26. The summed E-state index contributed by atoms with van der Waals surface area (Å²) in [6.45, 7) is -0.308. The van der Waals surface area contributed by atoms with E-state index in [1.165, 1.54) is 0 Å². The minimum absolute atomic E-state index is 0.0534. The van der Waals surface area contributed by atoms with E-state index in [0.717, 1.165) is 32.1 Å². The molecule has 100 valence electrons. The molecule has 0 aliphatic heterocycles. The van der Waals surface area contributed by atoms with Crippen molar-refractivity contribution >= 4 is 16.2 Å². The van der Waals surface area contributed by atoms with Crippen LogP contribution in [0.15, 0.2) is 0 Å². The topological polar surface area (TPSA) is 122 Å². The van der Waals surface area contributed by atoms with Gasteiger partial charge in [-0.15, -0.1) is 0 Å². The van der Waals surface area contributed by atoms with E-state index in [9.17, 15) is 13.2 Å². The van der Waals surface area contributed by atoms with E-state index in [4.69, 9.17) is 10.8 Å². The molecule has 0 bridgehead atoms. The first kappa shape index (κ1) is 14.4. The molecule has 0 aromatic rings. The molecule has 1 atom stereocenters. The van der Waals surface area contributed by atoms with Crippen LogP contribution in [-0.2, 0) is 15.0 Å². The molecule has 0 saturated heterocycles. The minimum Gasteiger partial charge on any atom is -0.480 e.